The summed E-state index contributed by atoms with van der Waals surface area (Å²) in [6.07, 6.45) is 3.40. The Balaban J connectivity index is 1.91. The second-order valence-corrected chi connectivity index (χ2v) is 9.39. The topological polar surface area (TPSA) is 90.1 Å². The van der Waals surface area contributed by atoms with Crippen molar-refractivity contribution in [3.8, 4) is 0 Å². The maximum absolute atomic E-state index is 6.15. The first kappa shape index (κ1) is 19.7. The van der Waals surface area contributed by atoms with E-state index in [0.717, 1.165) is 30.8 Å². The van der Waals surface area contributed by atoms with Crippen LogP contribution in [-0.2, 0) is 0 Å². The Kier molecular flexibility index (Phi) is 5.50. The molecule has 1 saturated carbocycles. The zero-order valence-electron chi connectivity index (χ0n) is 16.8. The first-order valence-corrected chi connectivity index (χ1v) is 9.87. The third-order valence-corrected chi connectivity index (χ3v) is 5.88. The molecule has 2 aromatic carbocycles. The van der Waals surface area contributed by atoms with E-state index in [1.165, 1.54) is 17.5 Å². The summed E-state index contributed by atoms with van der Waals surface area (Å²) in [5.41, 5.74) is 22.4. The van der Waals surface area contributed by atoms with Crippen LogP contribution in [0.15, 0.2) is 48.5 Å². The van der Waals surface area contributed by atoms with Crippen molar-refractivity contribution in [1.29, 1.82) is 0 Å². The quantitative estimate of drug-likeness (QED) is 0.600. The van der Waals surface area contributed by atoms with E-state index in [1.54, 1.807) is 0 Å². The Morgan fingerprint density at radius 1 is 0.889 bits per heavy atom. The number of benzene rings is 2. The van der Waals surface area contributed by atoms with Gasteiger partial charge in [0.1, 0.15) is 0 Å². The molecule has 0 spiro atoms. The summed E-state index contributed by atoms with van der Waals surface area (Å²) < 4.78 is 0. The smallest absolute Gasteiger partial charge is 0.0578 e. The third kappa shape index (κ3) is 4.82. The summed E-state index contributed by atoms with van der Waals surface area (Å²) in [7, 11) is 0. The zero-order chi connectivity index (χ0) is 19.7. The van der Waals surface area contributed by atoms with Gasteiger partial charge in [-0.3, -0.25) is 0 Å². The molecule has 2 unspecified atom stereocenters. The first-order chi connectivity index (χ1) is 12.7. The molecule has 146 valence electrons. The molecular weight excluding hydrogens is 332 g/mol. The fourth-order valence-corrected chi connectivity index (χ4v) is 4.90. The van der Waals surface area contributed by atoms with E-state index in [9.17, 15) is 0 Å². The lowest BCUT2D eigenvalue weighted by Gasteiger charge is -2.47. The molecule has 7 N–H and O–H groups in total. The summed E-state index contributed by atoms with van der Waals surface area (Å²) in [5.74, 6) is 0. The molecule has 2 atom stereocenters. The highest BCUT2D eigenvalue weighted by atomic mass is 15.0. The Labute approximate surface area is 163 Å². The monoisotopic (exact) mass is 366 g/mol. The van der Waals surface area contributed by atoms with Crippen molar-refractivity contribution in [2.45, 2.75) is 52.1 Å². The Hall–Kier alpha value is -2.04. The molecule has 0 aromatic heterocycles. The molecule has 27 heavy (non-hydrogen) atoms. The van der Waals surface area contributed by atoms with Crippen molar-refractivity contribution in [3.63, 3.8) is 0 Å². The van der Waals surface area contributed by atoms with Crippen LogP contribution in [0, 0.1) is 10.8 Å². The van der Waals surface area contributed by atoms with Crippen LogP contribution in [0.2, 0.25) is 0 Å². The number of hydrogen-bond acceptors (Lipinski definition) is 4. The number of rotatable bonds is 5. The number of nitrogen functional groups attached to an aromatic ring is 2. The van der Waals surface area contributed by atoms with Gasteiger partial charge in [-0.1, -0.05) is 45.0 Å². The Morgan fingerprint density at radius 3 is 1.81 bits per heavy atom. The lowest BCUT2D eigenvalue weighted by Crippen LogP contribution is -2.48. The van der Waals surface area contributed by atoms with Crippen LogP contribution in [0.5, 0.6) is 0 Å². The lowest BCUT2D eigenvalue weighted by atomic mass is 9.62. The van der Waals surface area contributed by atoms with Gasteiger partial charge in [-0.05, 0) is 72.0 Å². The van der Waals surface area contributed by atoms with Crippen molar-refractivity contribution >= 4 is 11.4 Å². The summed E-state index contributed by atoms with van der Waals surface area (Å²) in [6.45, 7) is 7.76. The van der Waals surface area contributed by atoms with Crippen molar-refractivity contribution < 1.29 is 0 Å². The highest BCUT2D eigenvalue weighted by Gasteiger charge is 2.41. The SMILES string of the molecule is CC1(C)CC(NC(c2ccc(N)cc2)c2ccc(N)cc2)CC(C)(CN)C1. The second kappa shape index (κ2) is 7.53. The molecule has 0 heterocycles. The zero-order valence-corrected chi connectivity index (χ0v) is 16.8. The van der Waals surface area contributed by atoms with Gasteiger partial charge in [-0.25, -0.2) is 0 Å². The standard InChI is InChI=1S/C23H34N4/c1-22(2)12-20(13-23(3,14-22)15-24)27-21(16-4-8-18(25)9-5-16)17-6-10-19(26)11-7-17/h4-11,20-21,27H,12-15,24-26H2,1-3H3. The minimum absolute atomic E-state index is 0.104. The third-order valence-electron chi connectivity index (χ3n) is 5.88. The Bertz CT molecular complexity index is 705. The molecule has 3 rings (SSSR count). The minimum atomic E-state index is 0.104. The first-order valence-electron chi connectivity index (χ1n) is 9.87. The summed E-state index contributed by atoms with van der Waals surface area (Å²) in [6, 6.07) is 16.8. The summed E-state index contributed by atoms with van der Waals surface area (Å²) >= 11 is 0. The summed E-state index contributed by atoms with van der Waals surface area (Å²) in [4.78, 5) is 0. The van der Waals surface area contributed by atoms with Crippen molar-refractivity contribution in [1.82, 2.24) is 5.32 Å². The number of hydrogen-bond donors (Lipinski definition) is 4. The number of nitrogens with two attached hydrogens (primary N) is 3. The molecule has 1 aliphatic carbocycles. The van der Waals surface area contributed by atoms with Gasteiger partial charge in [0.2, 0.25) is 0 Å². The lowest BCUT2D eigenvalue weighted by molar-refractivity contribution is 0.0743. The summed E-state index contributed by atoms with van der Waals surface area (Å²) in [5, 5.41) is 3.94. The molecule has 1 aliphatic rings. The molecule has 0 bridgehead atoms. The van der Waals surface area contributed by atoms with Crippen LogP contribution >= 0.6 is 0 Å². The fraction of sp³-hybridized carbons (Fsp3) is 0.478. The maximum atomic E-state index is 6.15. The highest BCUT2D eigenvalue weighted by molar-refractivity contribution is 5.45. The van der Waals surface area contributed by atoms with Crippen LogP contribution in [0.3, 0.4) is 0 Å². The van der Waals surface area contributed by atoms with E-state index < -0.39 is 0 Å². The molecule has 0 amide bonds. The van der Waals surface area contributed by atoms with Gasteiger partial charge in [-0.2, -0.15) is 0 Å². The van der Waals surface area contributed by atoms with Gasteiger partial charge < -0.3 is 22.5 Å². The average molecular weight is 367 g/mol. The van der Waals surface area contributed by atoms with Gasteiger partial charge in [0, 0.05) is 17.4 Å². The van der Waals surface area contributed by atoms with Gasteiger partial charge in [0.05, 0.1) is 6.04 Å². The molecule has 0 aliphatic heterocycles. The van der Waals surface area contributed by atoms with E-state index in [0.29, 0.717) is 6.04 Å². The van der Waals surface area contributed by atoms with E-state index in [4.69, 9.17) is 17.2 Å². The number of nitrogens with one attached hydrogen (secondary N) is 1. The molecule has 4 heteroatoms. The van der Waals surface area contributed by atoms with Crippen molar-refractivity contribution in [2.75, 3.05) is 18.0 Å². The van der Waals surface area contributed by atoms with E-state index in [-0.39, 0.29) is 16.9 Å². The van der Waals surface area contributed by atoms with E-state index in [1.807, 2.05) is 24.3 Å². The predicted octanol–water partition coefficient (Wildman–Crippen LogP) is 4.07. The number of anilines is 2. The van der Waals surface area contributed by atoms with E-state index >= 15 is 0 Å². The average Bonchev–Trinajstić information content (AvgIpc) is 2.60. The molecule has 1 fully saturated rings. The van der Waals surface area contributed by atoms with E-state index in [2.05, 4.69) is 50.4 Å². The second-order valence-electron chi connectivity index (χ2n) is 9.39. The van der Waals surface area contributed by atoms with Crippen LogP contribution in [0.4, 0.5) is 11.4 Å². The van der Waals surface area contributed by atoms with Gasteiger partial charge in [-0.15, -0.1) is 0 Å². The van der Waals surface area contributed by atoms with Gasteiger partial charge in [0.25, 0.3) is 0 Å². The van der Waals surface area contributed by atoms with Crippen LogP contribution in [-0.4, -0.2) is 12.6 Å². The maximum Gasteiger partial charge on any atom is 0.0578 e. The van der Waals surface area contributed by atoms with Crippen LogP contribution in [0.1, 0.15) is 57.2 Å². The van der Waals surface area contributed by atoms with Gasteiger partial charge >= 0.3 is 0 Å². The molecular formula is C23H34N4. The van der Waals surface area contributed by atoms with Crippen LogP contribution in [0.25, 0.3) is 0 Å². The Morgan fingerprint density at radius 2 is 1.37 bits per heavy atom. The molecule has 2 aromatic rings. The van der Waals surface area contributed by atoms with Crippen LogP contribution < -0.4 is 22.5 Å². The highest BCUT2D eigenvalue weighted by Crippen LogP contribution is 2.46. The van der Waals surface area contributed by atoms with Gasteiger partial charge in [0.15, 0.2) is 0 Å². The predicted molar refractivity (Wildman–Crippen MR) is 115 cm³/mol. The largest absolute Gasteiger partial charge is 0.399 e. The van der Waals surface area contributed by atoms with Crippen molar-refractivity contribution in [2.24, 2.45) is 16.6 Å². The molecule has 0 radical (unpaired) electrons. The normalized spacial score (nSPS) is 24.9. The van der Waals surface area contributed by atoms with Crippen molar-refractivity contribution in [3.05, 3.63) is 59.7 Å². The fourth-order valence-electron chi connectivity index (χ4n) is 4.90. The minimum Gasteiger partial charge on any atom is -0.399 e. The molecule has 0 saturated heterocycles. The molecule has 4 nitrogen and oxygen atoms in total.